The van der Waals surface area contributed by atoms with Crippen molar-refractivity contribution in [3.05, 3.63) is 69.8 Å². The second-order valence-corrected chi connectivity index (χ2v) is 5.64. The number of carbonyl (C=O) groups excluding carboxylic acids is 1. The first-order valence-corrected chi connectivity index (χ1v) is 7.72. The van der Waals surface area contributed by atoms with Gasteiger partial charge in [0, 0.05) is 23.9 Å². The van der Waals surface area contributed by atoms with E-state index in [0.717, 1.165) is 5.56 Å². The van der Waals surface area contributed by atoms with Crippen molar-refractivity contribution in [2.24, 2.45) is 0 Å². The Hall–Kier alpha value is -3.24. The van der Waals surface area contributed by atoms with Crippen LogP contribution in [0.5, 0.6) is 0 Å². The molecule has 0 radical (unpaired) electrons. The van der Waals surface area contributed by atoms with Crippen LogP contribution >= 0.6 is 0 Å². The third-order valence-corrected chi connectivity index (χ3v) is 3.78. The van der Waals surface area contributed by atoms with Gasteiger partial charge in [0.15, 0.2) is 0 Å². The van der Waals surface area contributed by atoms with Gasteiger partial charge < -0.3 is 5.32 Å². The molecule has 0 heterocycles. The number of hydrogen-bond acceptors (Lipinski definition) is 5. The van der Waals surface area contributed by atoms with Crippen LogP contribution < -0.4 is 10.6 Å². The molecule has 0 aliphatic carbocycles. The van der Waals surface area contributed by atoms with Crippen molar-refractivity contribution in [1.29, 1.82) is 5.26 Å². The van der Waals surface area contributed by atoms with Crippen molar-refractivity contribution in [1.82, 2.24) is 5.32 Å². The van der Waals surface area contributed by atoms with Gasteiger partial charge in [-0.25, -0.2) is 0 Å². The van der Waals surface area contributed by atoms with Crippen LogP contribution in [0.25, 0.3) is 0 Å². The van der Waals surface area contributed by atoms with Crippen LogP contribution in [0, 0.1) is 21.4 Å². The summed E-state index contributed by atoms with van der Waals surface area (Å²) in [7, 11) is 0. The molecular weight excluding hydrogens is 320 g/mol. The number of anilines is 1. The number of amides is 1. The highest BCUT2D eigenvalue weighted by molar-refractivity contribution is 5.94. The van der Waals surface area contributed by atoms with Gasteiger partial charge in [0.2, 0.25) is 5.91 Å². The fourth-order valence-electron chi connectivity index (χ4n) is 2.31. The summed E-state index contributed by atoms with van der Waals surface area (Å²) in [5, 5.41) is 25.3. The molecule has 7 heteroatoms. The number of hydrogen-bond donors (Lipinski definition) is 2. The number of carbonyl (C=O) groups is 1. The molecule has 0 aliphatic rings. The summed E-state index contributed by atoms with van der Waals surface area (Å²) >= 11 is 0. The predicted molar refractivity (Wildman–Crippen MR) is 93.9 cm³/mol. The second kappa shape index (κ2) is 8.04. The number of nitro groups is 1. The molecule has 0 aromatic heterocycles. The number of rotatable bonds is 6. The number of nitrogens with zero attached hydrogens (tertiary/aromatic N) is 2. The molecule has 2 aromatic carbocycles. The van der Waals surface area contributed by atoms with Gasteiger partial charge in [-0.2, -0.15) is 5.26 Å². The molecule has 0 aliphatic heterocycles. The number of nitriles is 1. The molecule has 7 nitrogen and oxygen atoms in total. The maximum atomic E-state index is 12.2. The normalized spacial score (nSPS) is 12.7. The van der Waals surface area contributed by atoms with Gasteiger partial charge in [-0.15, -0.1) is 0 Å². The molecule has 0 saturated heterocycles. The van der Waals surface area contributed by atoms with E-state index in [1.807, 2.05) is 19.1 Å². The first-order valence-electron chi connectivity index (χ1n) is 7.72. The average molecular weight is 338 g/mol. The SMILES string of the molecule is C[C@H](N[C@H](C)c1ccc(C#N)cc1)C(=O)Nc1ccc([N+](=O)[O-])cc1. The first kappa shape index (κ1) is 18.1. The van der Waals surface area contributed by atoms with Crippen LogP contribution in [0.3, 0.4) is 0 Å². The zero-order valence-electron chi connectivity index (χ0n) is 13.9. The molecule has 1 amide bonds. The van der Waals surface area contributed by atoms with Crippen molar-refractivity contribution < 1.29 is 9.72 Å². The maximum Gasteiger partial charge on any atom is 0.269 e. The van der Waals surface area contributed by atoms with Crippen LogP contribution in [-0.2, 0) is 4.79 Å². The molecule has 0 saturated carbocycles. The lowest BCUT2D eigenvalue weighted by molar-refractivity contribution is -0.384. The van der Waals surface area contributed by atoms with Gasteiger partial charge in [-0.1, -0.05) is 12.1 Å². The summed E-state index contributed by atoms with van der Waals surface area (Å²) < 4.78 is 0. The number of benzene rings is 2. The van der Waals surface area contributed by atoms with E-state index in [9.17, 15) is 14.9 Å². The van der Waals surface area contributed by atoms with Gasteiger partial charge >= 0.3 is 0 Å². The molecular formula is C18H18N4O3. The number of nitro benzene ring substituents is 1. The van der Waals surface area contributed by atoms with E-state index in [2.05, 4.69) is 16.7 Å². The Morgan fingerprint density at radius 3 is 2.24 bits per heavy atom. The van der Waals surface area contributed by atoms with Crippen molar-refractivity contribution in [2.75, 3.05) is 5.32 Å². The van der Waals surface area contributed by atoms with E-state index in [1.54, 1.807) is 19.1 Å². The Balaban J connectivity index is 1.94. The summed E-state index contributed by atoms with van der Waals surface area (Å²) in [5.41, 5.74) is 2.02. The van der Waals surface area contributed by atoms with E-state index in [1.165, 1.54) is 24.3 Å². The number of non-ortho nitro benzene ring substituents is 1. The zero-order chi connectivity index (χ0) is 18.4. The summed E-state index contributed by atoms with van der Waals surface area (Å²) in [6.45, 7) is 3.66. The highest BCUT2D eigenvalue weighted by Crippen LogP contribution is 2.17. The summed E-state index contributed by atoms with van der Waals surface area (Å²) in [6, 6.07) is 14.3. The zero-order valence-corrected chi connectivity index (χ0v) is 13.9. The molecule has 2 rings (SSSR count). The van der Waals surface area contributed by atoms with Gasteiger partial charge in [0.1, 0.15) is 0 Å². The van der Waals surface area contributed by atoms with E-state index >= 15 is 0 Å². The fourth-order valence-corrected chi connectivity index (χ4v) is 2.31. The Morgan fingerprint density at radius 2 is 1.72 bits per heavy atom. The third-order valence-electron chi connectivity index (χ3n) is 3.78. The minimum atomic E-state index is -0.491. The maximum absolute atomic E-state index is 12.2. The number of nitrogens with one attached hydrogen (secondary N) is 2. The summed E-state index contributed by atoms with van der Waals surface area (Å²) in [4.78, 5) is 22.4. The van der Waals surface area contributed by atoms with Crippen molar-refractivity contribution in [3.8, 4) is 6.07 Å². The van der Waals surface area contributed by atoms with Crippen LogP contribution in [0.4, 0.5) is 11.4 Å². The highest BCUT2D eigenvalue weighted by atomic mass is 16.6. The molecule has 128 valence electrons. The third kappa shape index (κ3) is 4.86. The molecule has 2 N–H and O–H groups in total. The van der Waals surface area contributed by atoms with Gasteiger partial charge in [0.25, 0.3) is 5.69 Å². The molecule has 25 heavy (non-hydrogen) atoms. The Kier molecular flexibility index (Phi) is 5.82. The van der Waals surface area contributed by atoms with Gasteiger partial charge in [-0.05, 0) is 43.7 Å². The van der Waals surface area contributed by atoms with Crippen molar-refractivity contribution >= 4 is 17.3 Å². The predicted octanol–water partition coefficient (Wildman–Crippen LogP) is 3.14. The molecule has 0 unspecified atom stereocenters. The van der Waals surface area contributed by atoms with Crippen LogP contribution in [0.15, 0.2) is 48.5 Å². The first-order chi connectivity index (χ1) is 11.9. The van der Waals surface area contributed by atoms with Crippen molar-refractivity contribution in [3.63, 3.8) is 0 Å². The summed E-state index contributed by atoms with van der Waals surface area (Å²) in [6.07, 6.45) is 0. The van der Waals surface area contributed by atoms with Crippen molar-refractivity contribution in [2.45, 2.75) is 25.9 Å². The van der Waals surface area contributed by atoms with E-state index in [0.29, 0.717) is 11.3 Å². The quantitative estimate of drug-likeness (QED) is 0.621. The topological polar surface area (TPSA) is 108 Å². The molecule has 0 bridgehead atoms. The molecule has 2 atom stereocenters. The Bertz CT molecular complexity index is 795. The monoisotopic (exact) mass is 338 g/mol. The lowest BCUT2D eigenvalue weighted by atomic mass is 10.1. The van der Waals surface area contributed by atoms with Gasteiger partial charge in [0.05, 0.1) is 22.6 Å². The Morgan fingerprint density at radius 1 is 1.12 bits per heavy atom. The average Bonchev–Trinajstić information content (AvgIpc) is 2.62. The lowest BCUT2D eigenvalue weighted by Crippen LogP contribution is -2.39. The smallest absolute Gasteiger partial charge is 0.269 e. The van der Waals surface area contributed by atoms with Crippen LogP contribution in [0.1, 0.15) is 31.0 Å². The second-order valence-electron chi connectivity index (χ2n) is 5.64. The molecule has 0 fully saturated rings. The van der Waals surface area contributed by atoms with Gasteiger partial charge in [-0.3, -0.25) is 20.2 Å². The summed E-state index contributed by atoms with van der Waals surface area (Å²) in [5.74, 6) is -0.241. The van der Waals surface area contributed by atoms with E-state index in [4.69, 9.17) is 5.26 Å². The van der Waals surface area contributed by atoms with E-state index in [-0.39, 0.29) is 17.6 Å². The minimum Gasteiger partial charge on any atom is -0.325 e. The standard InChI is InChI=1S/C18H18N4O3/c1-12(15-5-3-14(11-19)4-6-15)20-13(2)18(23)21-16-7-9-17(10-8-16)22(24)25/h3-10,12-13,20H,1-2H3,(H,21,23)/t12-,13+/m1/s1. The fraction of sp³-hybridized carbons (Fsp3) is 0.222. The largest absolute Gasteiger partial charge is 0.325 e. The molecule has 2 aromatic rings. The van der Waals surface area contributed by atoms with Crippen LogP contribution in [0.2, 0.25) is 0 Å². The Labute approximate surface area is 145 Å². The lowest BCUT2D eigenvalue weighted by Gasteiger charge is -2.20. The molecule has 0 spiro atoms. The minimum absolute atomic E-state index is 0.0291. The van der Waals surface area contributed by atoms with E-state index < -0.39 is 11.0 Å². The highest BCUT2D eigenvalue weighted by Gasteiger charge is 2.17. The van der Waals surface area contributed by atoms with Crippen LogP contribution in [-0.4, -0.2) is 16.9 Å².